The van der Waals surface area contributed by atoms with Gasteiger partial charge in [-0.25, -0.2) is 0 Å². The number of fused-ring (bicyclic) bond motifs is 1. The number of halogens is 1. The molecule has 0 amide bonds. The number of benzene rings is 1. The molecule has 2 unspecified atom stereocenters. The van der Waals surface area contributed by atoms with Crippen molar-refractivity contribution in [1.82, 2.24) is 4.90 Å². The minimum absolute atomic E-state index is 0.172. The normalized spacial score (nSPS) is 22.2. The lowest BCUT2D eigenvalue weighted by molar-refractivity contribution is 0.0405. The average molecular weight is 300 g/mol. The first-order chi connectivity index (χ1) is 8.11. The fraction of sp³-hybridized carbons (Fsp3) is 0.538. The van der Waals surface area contributed by atoms with Gasteiger partial charge < -0.3 is 10.2 Å². The molecule has 0 fully saturated rings. The lowest BCUT2D eigenvalue weighted by atomic mass is 9.94. The molecule has 3 nitrogen and oxygen atoms in total. The van der Waals surface area contributed by atoms with E-state index in [9.17, 15) is 5.11 Å². The Morgan fingerprint density at radius 2 is 2.29 bits per heavy atom. The van der Waals surface area contributed by atoms with Crippen molar-refractivity contribution >= 4 is 15.9 Å². The molecule has 1 aliphatic rings. The Bertz CT molecular complexity index is 397. The second kappa shape index (κ2) is 5.48. The first-order valence-electron chi connectivity index (χ1n) is 5.91. The summed E-state index contributed by atoms with van der Waals surface area (Å²) in [5.41, 5.74) is 2.68. The first kappa shape index (κ1) is 13.0. The quantitative estimate of drug-likeness (QED) is 0.890. The smallest absolute Gasteiger partial charge is 0.0897 e. The predicted octanol–water partition coefficient (Wildman–Crippen LogP) is 1.55. The Morgan fingerprint density at radius 1 is 1.53 bits per heavy atom. The van der Waals surface area contributed by atoms with E-state index >= 15 is 0 Å². The minimum atomic E-state index is -0.647. The highest BCUT2D eigenvalue weighted by molar-refractivity contribution is 9.10. The second-order valence-corrected chi connectivity index (χ2v) is 5.55. The molecule has 0 aromatic heterocycles. The van der Waals surface area contributed by atoms with E-state index in [2.05, 4.69) is 39.9 Å². The molecule has 17 heavy (non-hydrogen) atoms. The van der Waals surface area contributed by atoms with E-state index in [1.165, 1.54) is 15.6 Å². The molecule has 2 rings (SSSR count). The second-order valence-electron chi connectivity index (χ2n) is 4.70. The van der Waals surface area contributed by atoms with Crippen molar-refractivity contribution in [3.05, 3.63) is 33.8 Å². The molecule has 1 aromatic rings. The number of β-amino-alcohol motifs (C(OH)–C–C–N with tert-alkyl or cyclic N) is 1. The molecule has 94 valence electrons. The van der Waals surface area contributed by atoms with Crippen LogP contribution in [0.15, 0.2) is 22.7 Å². The third-order valence-corrected chi connectivity index (χ3v) is 4.11. The molecule has 2 N–H and O–H groups in total. The van der Waals surface area contributed by atoms with Crippen molar-refractivity contribution in [3.8, 4) is 0 Å². The van der Waals surface area contributed by atoms with Crippen LogP contribution in [0.3, 0.4) is 0 Å². The summed E-state index contributed by atoms with van der Waals surface area (Å²) < 4.78 is 1.17. The fourth-order valence-electron chi connectivity index (χ4n) is 2.35. The number of hydrogen-bond donors (Lipinski definition) is 2. The van der Waals surface area contributed by atoms with E-state index in [1.807, 2.05) is 6.07 Å². The van der Waals surface area contributed by atoms with Crippen LogP contribution in [0.1, 0.15) is 18.1 Å². The monoisotopic (exact) mass is 299 g/mol. The van der Waals surface area contributed by atoms with Gasteiger partial charge in [0, 0.05) is 23.6 Å². The molecule has 0 saturated carbocycles. The topological polar surface area (TPSA) is 43.7 Å². The van der Waals surface area contributed by atoms with Gasteiger partial charge in [0.1, 0.15) is 0 Å². The van der Waals surface area contributed by atoms with Gasteiger partial charge in [-0.15, -0.1) is 0 Å². The Labute approximate surface area is 110 Å². The van der Waals surface area contributed by atoms with Gasteiger partial charge in [0.2, 0.25) is 0 Å². The third kappa shape index (κ3) is 2.88. The summed E-state index contributed by atoms with van der Waals surface area (Å²) in [6.07, 6.45) is 0.334. The molecule has 1 aliphatic heterocycles. The number of rotatable bonds is 3. The summed E-state index contributed by atoms with van der Waals surface area (Å²) in [5.74, 6) is 0. The van der Waals surface area contributed by atoms with Crippen LogP contribution in [-0.4, -0.2) is 40.4 Å². The van der Waals surface area contributed by atoms with E-state index in [0.29, 0.717) is 12.6 Å². The van der Waals surface area contributed by atoms with Crippen molar-refractivity contribution in [2.75, 3.05) is 13.2 Å². The zero-order valence-corrected chi connectivity index (χ0v) is 11.5. The number of aliphatic hydroxyl groups excluding tert-OH is 2. The molecule has 4 heteroatoms. The maximum Gasteiger partial charge on any atom is 0.0897 e. The number of hydrogen-bond acceptors (Lipinski definition) is 3. The zero-order chi connectivity index (χ0) is 12.4. The first-order valence-corrected chi connectivity index (χ1v) is 6.70. The van der Waals surface area contributed by atoms with Crippen molar-refractivity contribution in [1.29, 1.82) is 0 Å². The lowest BCUT2D eigenvalue weighted by Crippen LogP contribution is -2.43. The van der Waals surface area contributed by atoms with E-state index in [-0.39, 0.29) is 6.61 Å². The molecule has 1 heterocycles. The zero-order valence-electron chi connectivity index (χ0n) is 9.93. The SMILES string of the molecule is CC1Cc2c(Br)cccc2CN1CC(O)CO. The van der Waals surface area contributed by atoms with Crippen LogP contribution in [0.2, 0.25) is 0 Å². The van der Waals surface area contributed by atoms with Gasteiger partial charge in [-0.05, 0) is 30.5 Å². The van der Waals surface area contributed by atoms with E-state index in [0.717, 1.165) is 13.0 Å². The Hall–Kier alpha value is -0.420. The number of aliphatic hydroxyl groups is 2. The lowest BCUT2D eigenvalue weighted by Gasteiger charge is -2.36. The van der Waals surface area contributed by atoms with Crippen LogP contribution in [0.25, 0.3) is 0 Å². The Morgan fingerprint density at radius 3 is 3.00 bits per heavy atom. The molecule has 2 atom stereocenters. The Kier molecular flexibility index (Phi) is 4.20. The van der Waals surface area contributed by atoms with Gasteiger partial charge in [0.15, 0.2) is 0 Å². The molecule has 1 aromatic carbocycles. The van der Waals surface area contributed by atoms with Gasteiger partial charge in [-0.2, -0.15) is 0 Å². The Balaban J connectivity index is 2.16. The summed E-state index contributed by atoms with van der Waals surface area (Å²) in [6.45, 7) is 3.36. The van der Waals surface area contributed by atoms with Crippen molar-refractivity contribution in [2.24, 2.45) is 0 Å². The van der Waals surface area contributed by atoms with E-state index in [4.69, 9.17) is 5.11 Å². The maximum absolute atomic E-state index is 9.53. The molecule has 0 aliphatic carbocycles. The maximum atomic E-state index is 9.53. The molecule has 0 bridgehead atoms. The predicted molar refractivity (Wildman–Crippen MR) is 70.8 cm³/mol. The van der Waals surface area contributed by atoms with Crippen molar-refractivity contribution < 1.29 is 10.2 Å². The summed E-state index contributed by atoms with van der Waals surface area (Å²) >= 11 is 3.59. The van der Waals surface area contributed by atoms with Crippen molar-refractivity contribution in [3.63, 3.8) is 0 Å². The molecule has 0 radical (unpaired) electrons. The van der Waals surface area contributed by atoms with Gasteiger partial charge in [-0.3, -0.25) is 4.90 Å². The van der Waals surface area contributed by atoms with Crippen LogP contribution in [0, 0.1) is 0 Å². The van der Waals surface area contributed by atoms with Crippen LogP contribution in [-0.2, 0) is 13.0 Å². The van der Waals surface area contributed by atoms with Crippen molar-refractivity contribution in [2.45, 2.75) is 32.0 Å². The van der Waals surface area contributed by atoms with Gasteiger partial charge in [0.05, 0.1) is 12.7 Å². The van der Waals surface area contributed by atoms with Crippen LogP contribution in [0.4, 0.5) is 0 Å². The highest BCUT2D eigenvalue weighted by Gasteiger charge is 2.25. The standard InChI is InChI=1S/C13H18BrNO2/c1-9-5-12-10(3-2-4-13(12)14)6-15(9)7-11(17)8-16/h2-4,9,11,16-17H,5-8H2,1H3. The molecular weight excluding hydrogens is 282 g/mol. The van der Waals surface area contributed by atoms with Crippen LogP contribution in [0.5, 0.6) is 0 Å². The minimum Gasteiger partial charge on any atom is -0.394 e. The fourth-order valence-corrected chi connectivity index (χ4v) is 2.92. The molecule has 0 saturated heterocycles. The summed E-state index contributed by atoms with van der Waals surface area (Å²) in [4.78, 5) is 2.22. The summed E-state index contributed by atoms with van der Waals surface area (Å²) in [6, 6.07) is 6.63. The molecular formula is C13H18BrNO2. The van der Waals surface area contributed by atoms with Gasteiger partial charge in [-0.1, -0.05) is 28.1 Å². The highest BCUT2D eigenvalue weighted by atomic mass is 79.9. The summed E-state index contributed by atoms with van der Waals surface area (Å²) in [5, 5.41) is 18.4. The number of nitrogens with zero attached hydrogens (tertiary/aromatic N) is 1. The molecule has 0 spiro atoms. The van der Waals surface area contributed by atoms with E-state index in [1.54, 1.807) is 0 Å². The highest BCUT2D eigenvalue weighted by Crippen LogP contribution is 2.29. The van der Waals surface area contributed by atoms with Gasteiger partial charge in [0.25, 0.3) is 0 Å². The third-order valence-electron chi connectivity index (χ3n) is 3.37. The van der Waals surface area contributed by atoms with Crippen LogP contribution >= 0.6 is 15.9 Å². The largest absolute Gasteiger partial charge is 0.394 e. The van der Waals surface area contributed by atoms with Crippen LogP contribution < -0.4 is 0 Å². The van der Waals surface area contributed by atoms with E-state index < -0.39 is 6.10 Å². The average Bonchev–Trinajstić information content (AvgIpc) is 2.31. The van der Waals surface area contributed by atoms with Gasteiger partial charge >= 0.3 is 0 Å². The summed E-state index contributed by atoms with van der Waals surface area (Å²) in [7, 11) is 0.